The molecular formula is C10H20O3. The van der Waals surface area contributed by atoms with Crippen LogP contribution in [0.25, 0.3) is 0 Å². The second-order valence-electron chi connectivity index (χ2n) is 3.79. The van der Waals surface area contributed by atoms with Crippen LogP contribution in [0.4, 0.5) is 0 Å². The highest BCUT2D eigenvalue weighted by atomic mass is 16.6. The summed E-state index contributed by atoms with van der Waals surface area (Å²) in [5.41, 5.74) is 0. The molecule has 0 aromatic rings. The Bertz CT molecular complexity index is 145. The van der Waals surface area contributed by atoms with Gasteiger partial charge in [0.05, 0.1) is 18.8 Å². The quantitative estimate of drug-likeness (QED) is 0.610. The average Bonchev–Trinajstić information content (AvgIpc) is 2.88. The molecule has 0 amide bonds. The van der Waals surface area contributed by atoms with Crippen molar-refractivity contribution in [3.05, 3.63) is 0 Å². The normalized spacial score (nSPS) is 28.2. The van der Waals surface area contributed by atoms with E-state index in [0.717, 1.165) is 19.3 Å². The van der Waals surface area contributed by atoms with Gasteiger partial charge < -0.3 is 14.9 Å². The summed E-state index contributed by atoms with van der Waals surface area (Å²) in [5, 5.41) is 19.5. The van der Waals surface area contributed by atoms with E-state index < -0.39 is 6.10 Å². The van der Waals surface area contributed by atoms with E-state index in [1.165, 1.54) is 0 Å². The number of aliphatic hydroxyl groups excluding tert-OH is 2. The average molecular weight is 188 g/mol. The van der Waals surface area contributed by atoms with Gasteiger partial charge in [-0.25, -0.2) is 0 Å². The summed E-state index contributed by atoms with van der Waals surface area (Å²) in [6.45, 7) is 4.68. The number of ether oxygens (including phenoxy) is 1. The molecule has 0 saturated carbocycles. The minimum Gasteiger partial charge on any atom is -0.393 e. The van der Waals surface area contributed by atoms with Gasteiger partial charge in [-0.05, 0) is 12.8 Å². The first-order chi connectivity index (χ1) is 6.20. The van der Waals surface area contributed by atoms with Crippen LogP contribution in [-0.2, 0) is 4.74 Å². The second kappa shape index (κ2) is 4.94. The Kier molecular flexibility index (Phi) is 4.16. The zero-order valence-electron chi connectivity index (χ0n) is 8.44. The van der Waals surface area contributed by atoms with Crippen molar-refractivity contribution in [1.82, 2.24) is 0 Å². The molecule has 0 radical (unpaired) electrons. The van der Waals surface area contributed by atoms with Crippen LogP contribution < -0.4 is 0 Å². The number of aliphatic hydroxyl groups is 2. The fraction of sp³-hybridized carbons (Fsp3) is 1.00. The van der Waals surface area contributed by atoms with Crippen LogP contribution in [-0.4, -0.2) is 35.1 Å². The summed E-state index contributed by atoms with van der Waals surface area (Å²) in [4.78, 5) is 0. The zero-order chi connectivity index (χ0) is 9.84. The van der Waals surface area contributed by atoms with Crippen molar-refractivity contribution >= 4 is 0 Å². The van der Waals surface area contributed by atoms with Crippen LogP contribution in [0.1, 0.15) is 33.1 Å². The summed E-state index contributed by atoms with van der Waals surface area (Å²) >= 11 is 0. The van der Waals surface area contributed by atoms with E-state index in [2.05, 4.69) is 0 Å². The topological polar surface area (TPSA) is 53.0 Å². The number of hydrogen-bond acceptors (Lipinski definition) is 3. The van der Waals surface area contributed by atoms with Gasteiger partial charge in [0, 0.05) is 5.92 Å². The lowest BCUT2D eigenvalue weighted by molar-refractivity contribution is -0.00700. The van der Waals surface area contributed by atoms with E-state index in [1.54, 1.807) is 0 Å². The Labute approximate surface area is 79.7 Å². The fourth-order valence-electron chi connectivity index (χ4n) is 1.78. The van der Waals surface area contributed by atoms with Gasteiger partial charge in [-0.1, -0.05) is 20.3 Å². The largest absolute Gasteiger partial charge is 0.393 e. The van der Waals surface area contributed by atoms with Crippen LogP contribution in [0, 0.1) is 5.92 Å². The standard InChI is InChI=1S/C10H20O3/c1-3-5-8(11)7(4-2)10(12)9-6-13-9/h7-12H,3-6H2,1-2H3. The summed E-state index contributed by atoms with van der Waals surface area (Å²) in [5.74, 6) is -0.0209. The van der Waals surface area contributed by atoms with Crippen molar-refractivity contribution in [1.29, 1.82) is 0 Å². The molecule has 1 fully saturated rings. The number of hydrogen-bond donors (Lipinski definition) is 2. The van der Waals surface area contributed by atoms with Gasteiger partial charge in [-0.3, -0.25) is 0 Å². The van der Waals surface area contributed by atoms with Gasteiger partial charge >= 0.3 is 0 Å². The van der Waals surface area contributed by atoms with Gasteiger partial charge in [0.2, 0.25) is 0 Å². The fourth-order valence-corrected chi connectivity index (χ4v) is 1.78. The first-order valence-electron chi connectivity index (χ1n) is 5.18. The third kappa shape index (κ3) is 2.93. The third-order valence-corrected chi connectivity index (χ3v) is 2.73. The molecule has 1 aliphatic heterocycles. The minimum atomic E-state index is -0.480. The lowest BCUT2D eigenvalue weighted by Crippen LogP contribution is -2.35. The lowest BCUT2D eigenvalue weighted by Gasteiger charge is -2.25. The zero-order valence-corrected chi connectivity index (χ0v) is 8.44. The third-order valence-electron chi connectivity index (χ3n) is 2.73. The Morgan fingerprint density at radius 1 is 1.38 bits per heavy atom. The first-order valence-corrected chi connectivity index (χ1v) is 5.18. The van der Waals surface area contributed by atoms with Crippen molar-refractivity contribution in [2.75, 3.05) is 6.61 Å². The van der Waals surface area contributed by atoms with E-state index in [9.17, 15) is 10.2 Å². The van der Waals surface area contributed by atoms with Gasteiger partial charge in [-0.15, -0.1) is 0 Å². The van der Waals surface area contributed by atoms with Gasteiger partial charge in [0.1, 0.15) is 6.10 Å². The maximum atomic E-state index is 9.76. The molecule has 1 rings (SSSR count). The molecular weight excluding hydrogens is 168 g/mol. The van der Waals surface area contributed by atoms with Crippen LogP contribution >= 0.6 is 0 Å². The maximum Gasteiger partial charge on any atom is 0.107 e. The predicted molar refractivity (Wildman–Crippen MR) is 50.4 cm³/mol. The molecule has 0 aliphatic carbocycles. The molecule has 0 aromatic heterocycles. The van der Waals surface area contributed by atoms with E-state index in [4.69, 9.17) is 4.74 Å². The highest BCUT2D eigenvalue weighted by Crippen LogP contribution is 2.26. The molecule has 0 aromatic carbocycles. The van der Waals surface area contributed by atoms with E-state index in [1.807, 2.05) is 13.8 Å². The molecule has 4 unspecified atom stereocenters. The lowest BCUT2D eigenvalue weighted by atomic mass is 9.89. The minimum absolute atomic E-state index is 0.0172. The molecule has 4 atom stereocenters. The van der Waals surface area contributed by atoms with Crippen molar-refractivity contribution < 1.29 is 14.9 Å². The molecule has 0 spiro atoms. The van der Waals surface area contributed by atoms with E-state index >= 15 is 0 Å². The molecule has 0 bridgehead atoms. The van der Waals surface area contributed by atoms with Crippen molar-refractivity contribution in [3.63, 3.8) is 0 Å². The van der Waals surface area contributed by atoms with E-state index in [-0.39, 0.29) is 18.1 Å². The van der Waals surface area contributed by atoms with E-state index in [0.29, 0.717) is 6.61 Å². The SMILES string of the molecule is CCCC(O)C(CC)C(O)C1CO1. The Balaban J connectivity index is 2.39. The highest BCUT2D eigenvalue weighted by Gasteiger charge is 2.38. The molecule has 1 aliphatic rings. The molecule has 13 heavy (non-hydrogen) atoms. The smallest absolute Gasteiger partial charge is 0.107 e. The Hall–Kier alpha value is -0.120. The number of epoxide rings is 1. The van der Waals surface area contributed by atoms with Crippen LogP contribution in [0.15, 0.2) is 0 Å². The summed E-state index contributed by atoms with van der Waals surface area (Å²) < 4.78 is 5.02. The molecule has 1 heterocycles. The molecule has 1 saturated heterocycles. The Morgan fingerprint density at radius 2 is 2.00 bits per heavy atom. The van der Waals surface area contributed by atoms with Crippen LogP contribution in [0.2, 0.25) is 0 Å². The summed E-state index contributed by atoms with van der Waals surface area (Å²) in [7, 11) is 0. The van der Waals surface area contributed by atoms with Crippen molar-refractivity contribution in [3.8, 4) is 0 Å². The summed E-state index contributed by atoms with van der Waals surface area (Å²) in [6, 6.07) is 0. The predicted octanol–water partition coefficient (Wildman–Crippen LogP) is 0.933. The number of rotatable bonds is 6. The molecule has 78 valence electrons. The molecule has 3 heteroatoms. The second-order valence-corrected chi connectivity index (χ2v) is 3.79. The molecule has 2 N–H and O–H groups in total. The maximum absolute atomic E-state index is 9.76. The summed E-state index contributed by atoms with van der Waals surface area (Å²) in [6.07, 6.45) is 1.65. The highest BCUT2D eigenvalue weighted by molar-refractivity contribution is 4.86. The first kappa shape index (κ1) is 11.0. The van der Waals surface area contributed by atoms with Crippen LogP contribution in [0.5, 0.6) is 0 Å². The van der Waals surface area contributed by atoms with Gasteiger partial charge in [0.15, 0.2) is 0 Å². The monoisotopic (exact) mass is 188 g/mol. The van der Waals surface area contributed by atoms with Crippen molar-refractivity contribution in [2.45, 2.75) is 51.4 Å². The van der Waals surface area contributed by atoms with Gasteiger partial charge in [0.25, 0.3) is 0 Å². The Morgan fingerprint density at radius 3 is 2.38 bits per heavy atom. The van der Waals surface area contributed by atoms with Crippen LogP contribution in [0.3, 0.4) is 0 Å². The van der Waals surface area contributed by atoms with Gasteiger partial charge in [-0.2, -0.15) is 0 Å². The van der Waals surface area contributed by atoms with Crippen molar-refractivity contribution in [2.24, 2.45) is 5.92 Å². The molecule has 3 nitrogen and oxygen atoms in total.